The predicted octanol–water partition coefficient (Wildman–Crippen LogP) is 8.52. The number of hydrogen-bond donors (Lipinski definition) is 0. The summed E-state index contributed by atoms with van der Waals surface area (Å²) < 4.78 is 5.54. The average Bonchev–Trinajstić information content (AvgIpc) is 2.92. The van der Waals surface area contributed by atoms with Crippen molar-refractivity contribution in [2.24, 2.45) is 5.92 Å². The van der Waals surface area contributed by atoms with Crippen molar-refractivity contribution in [3.05, 3.63) is 96.7 Å². The Bertz CT molecular complexity index is 909. The molecule has 1 amide bonds. The van der Waals surface area contributed by atoms with Crippen molar-refractivity contribution in [3.63, 3.8) is 0 Å². The molecule has 0 aliphatic rings. The molecule has 0 spiro atoms. The third-order valence-corrected chi connectivity index (χ3v) is 5.97. The molecule has 0 aromatic heterocycles. The highest BCUT2D eigenvalue weighted by Gasteiger charge is 2.28. The highest BCUT2D eigenvalue weighted by atomic mass is 16.5. The zero-order valence-electron chi connectivity index (χ0n) is 24.1. The molecule has 1 rings (SSSR count). The summed E-state index contributed by atoms with van der Waals surface area (Å²) in [6.07, 6.45) is 29.4. The molecule has 1 aromatic rings. The second-order valence-corrected chi connectivity index (χ2v) is 9.84. The van der Waals surface area contributed by atoms with Crippen LogP contribution < -0.4 is 0 Å². The molecule has 0 saturated heterocycles. The van der Waals surface area contributed by atoms with E-state index in [1.54, 1.807) is 11.9 Å². The molecule has 0 aliphatic carbocycles. The monoisotopic (exact) mass is 519 g/mol. The zero-order valence-corrected chi connectivity index (χ0v) is 24.1. The number of ether oxygens (including phenoxy) is 1. The number of nitrogens with zero attached hydrogens (tertiary/aromatic N) is 1. The van der Waals surface area contributed by atoms with E-state index in [-0.39, 0.29) is 24.4 Å². The first-order valence-corrected chi connectivity index (χ1v) is 14.2. The summed E-state index contributed by atoms with van der Waals surface area (Å²) in [6, 6.07) is 9.06. The van der Waals surface area contributed by atoms with Gasteiger partial charge in [-0.2, -0.15) is 0 Å². The van der Waals surface area contributed by atoms with Crippen LogP contribution in [0.25, 0.3) is 0 Å². The Labute approximate surface area is 231 Å². The van der Waals surface area contributed by atoms with E-state index in [0.717, 1.165) is 50.5 Å². The number of allylic oxidation sites excluding steroid dienone is 10. The maximum absolute atomic E-state index is 12.8. The highest BCUT2D eigenvalue weighted by molar-refractivity contribution is 5.84. The smallest absolute Gasteiger partial charge is 0.329 e. The Balaban J connectivity index is 2.28. The van der Waals surface area contributed by atoms with Gasteiger partial charge in [0.1, 0.15) is 12.6 Å². The highest BCUT2D eigenvalue weighted by Crippen LogP contribution is 2.15. The molecule has 0 N–H and O–H groups in total. The van der Waals surface area contributed by atoms with Gasteiger partial charge in [0.2, 0.25) is 5.91 Å². The van der Waals surface area contributed by atoms with Crippen LogP contribution in [0.1, 0.15) is 84.1 Å². The van der Waals surface area contributed by atoms with Crippen LogP contribution >= 0.6 is 0 Å². The summed E-state index contributed by atoms with van der Waals surface area (Å²) in [5.74, 6) is -0.0725. The third kappa shape index (κ3) is 16.6. The maximum atomic E-state index is 12.8. The molecule has 208 valence electrons. The van der Waals surface area contributed by atoms with Crippen molar-refractivity contribution in [1.82, 2.24) is 4.90 Å². The van der Waals surface area contributed by atoms with Gasteiger partial charge in [-0.3, -0.25) is 4.79 Å². The average molecular weight is 520 g/mol. The van der Waals surface area contributed by atoms with Gasteiger partial charge in [0.15, 0.2) is 0 Å². The van der Waals surface area contributed by atoms with Crippen LogP contribution in [0, 0.1) is 5.92 Å². The fourth-order valence-corrected chi connectivity index (χ4v) is 3.77. The lowest BCUT2D eigenvalue weighted by molar-refractivity contribution is -0.156. The number of amides is 1. The number of likely N-dealkylation sites (N-methyl/N-ethyl adjacent to an activating group) is 1. The second kappa shape index (κ2) is 21.9. The Morgan fingerprint density at radius 1 is 0.816 bits per heavy atom. The minimum atomic E-state index is -0.556. The lowest BCUT2D eigenvalue weighted by atomic mass is 10.0. The Morgan fingerprint density at radius 3 is 1.87 bits per heavy atom. The first-order valence-electron chi connectivity index (χ1n) is 14.2. The van der Waals surface area contributed by atoms with E-state index >= 15 is 0 Å². The Kier molecular flexibility index (Phi) is 19.0. The molecule has 4 nitrogen and oxygen atoms in total. The number of carbonyl (C=O) groups excluding carboxylic acids is 2. The van der Waals surface area contributed by atoms with Crippen LogP contribution in [0.4, 0.5) is 0 Å². The molecule has 0 fully saturated rings. The summed E-state index contributed by atoms with van der Waals surface area (Å²) in [4.78, 5) is 27.1. The van der Waals surface area contributed by atoms with E-state index in [4.69, 9.17) is 4.74 Å². The van der Waals surface area contributed by atoms with Gasteiger partial charge in [-0.15, -0.1) is 0 Å². The standard InChI is InChI=1S/C34H49NO3/c1-5-6-7-8-9-10-11-12-13-14-15-16-17-18-19-20-24-27-33(36)35(4)32(28-30(2)3)34(37)38-29-31-25-22-21-23-26-31/h6-7,9-10,12-13,15-16,18-19,21-23,25-26,30,32H,5,8,11,14,17,20,24,27-29H2,1-4H3/b7-6-,10-9-,13-12-,16-15-,19-18-/t32-/m0/s1. The van der Waals surface area contributed by atoms with Gasteiger partial charge in [-0.25, -0.2) is 4.79 Å². The van der Waals surface area contributed by atoms with E-state index in [9.17, 15) is 9.59 Å². The number of benzene rings is 1. The van der Waals surface area contributed by atoms with E-state index in [1.807, 2.05) is 30.3 Å². The summed E-state index contributed by atoms with van der Waals surface area (Å²) in [7, 11) is 1.72. The molecule has 0 saturated carbocycles. The quantitative estimate of drug-likeness (QED) is 0.105. The molecule has 0 bridgehead atoms. The fraction of sp³-hybridized carbons (Fsp3) is 0.471. The maximum Gasteiger partial charge on any atom is 0.329 e. The molecule has 1 aromatic carbocycles. The van der Waals surface area contributed by atoms with Crippen molar-refractivity contribution < 1.29 is 14.3 Å². The number of unbranched alkanes of at least 4 members (excludes halogenated alkanes) is 1. The van der Waals surface area contributed by atoms with Gasteiger partial charge in [0.25, 0.3) is 0 Å². The molecular weight excluding hydrogens is 470 g/mol. The summed E-state index contributed by atoms with van der Waals surface area (Å²) >= 11 is 0. The van der Waals surface area contributed by atoms with Crippen LogP contribution in [-0.2, 0) is 20.9 Å². The Morgan fingerprint density at radius 2 is 1.34 bits per heavy atom. The SMILES string of the molecule is CC/C=C\C/C=C\C/C=C\C/C=C\C/C=C\CCCC(=O)N(C)[C@@H](CC(C)C)C(=O)OCc1ccccc1. The first-order chi connectivity index (χ1) is 18.5. The minimum Gasteiger partial charge on any atom is -0.459 e. The summed E-state index contributed by atoms with van der Waals surface area (Å²) in [5.41, 5.74) is 0.940. The normalized spacial score (nSPS) is 13.1. The van der Waals surface area contributed by atoms with Crippen molar-refractivity contribution in [1.29, 1.82) is 0 Å². The van der Waals surface area contributed by atoms with Crippen LogP contribution in [0.3, 0.4) is 0 Å². The van der Waals surface area contributed by atoms with E-state index in [0.29, 0.717) is 12.8 Å². The number of esters is 1. The Hall–Kier alpha value is -3.14. The number of carbonyl (C=O) groups is 2. The van der Waals surface area contributed by atoms with E-state index in [1.165, 1.54) is 0 Å². The van der Waals surface area contributed by atoms with Crippen molar-refractivity contribution >= 4 is 11.9 Å². The third-order valence-electron chi connectivity index (χ3n) is 5.97. The van der Waals surface area contributed by atoms with Gasteiger partial charge in [-0.05, 0) is 62.8 Å². The van der Waals surface area contributed by atoms with E-state index in [2.05, 4.69) is 81.5 Å². The second-order valence-electron chi connectivity index (χ2n) is 9.84. The molecular formula is C34H49NO3. The van der Waals surface area contributed by atoms with Crippen LogP contribution in [0.15, 0.2) is 91.1 Å². The number of hydrogen-bond acceptors (Lipinski definition) is 3. The molecule has 4 heteroatoms. The van der Waals surface area contributed by atoms with Crippen molar-refractivity contribution in [2.75, 3.05) is 7.05 Å². The molecule has 0 aliphatic heterocycles. The first kappa shape index (κ1) is 32.9. The predicted molar refractivity (Wildman–Crippen MR) is 161 cm³/mol. The lowest BCUT2D eigenvalue weighted by Gasteiger charge is -2.28. The molecule has 38 heavy (non-hydrogen) atoms. The molecule has 1 atom stereocenters. The van der Waals surface area contributed by atoms with Crippen LogP contribution in [-0.4, -0.2) is 29.9 Å². The van der Waals surface area contributed by atoms with Crippen molar-refractivity contribution in [2.45, 2.75) is 91.2 Å². The van der Waals surface area contributed by atoms with Crippen molar-refractivity contribution in [3.8, 4) is 0 Å². The summed E-state index contributed by atoms with van der Waals surface area (Å²) in [6.45, 7) is 6.48. The summed E-state index contributed by atoms with van der Waals surface area (Å²) in [5, 5.41) is 0. The van der Waals surface area contributed by atoms with Gasteiger partial charge in [0.05, 0.1) is 0 Å². The lowest BCUT2D eigenvalue weighted by Crippen LogP contribution is -2.44. The zero-order chi connectivity index (χ0) is 27.8. The largest absolute Gasteiger partial charge is 0.459 e. The minimum absolute atomic E-state index is 0.0142. The topological polar surface area (TPSA) is 46.6 Å². The van der Waals surface area contributed by atoms with Gasteiger partial charge < -0.3 is 9.64 Å². The van der Waals surface area contributed by atoms with Crippen LogP contribution in [0.2, 0.25) is 0 Å². The van der Waals surface area contributed by atoms with Gasteiger partial charge in [-0.1, -0.05) is 112 Å². The molecule has 0 radical (unpaired) electrons. The van der Waals surface area contributed by atoms with E-state index < -0.39 is 6.04 Å². The molecule has 0 heterocycles. The van der Waals surface area contributed by atoms with Gasteiger partial charge in [0, 0.05) is 13.5 Å². The fourth-order valence-electron chi connectivity index (χ4n) is 3.77. The molecule has 0 unspecified atom stereocenters. The number of rotatable bonds is 19. The van der Waals surface area contributed by atoms with Gasteiger partial charge >= 0.3 is 5.97 Å². The van der Waals surface area contributed by atoms with Crippen LogP contribution in [0.5, 0.6) is 0 Å².